The van der Waals surface area contributed by atoms with Gasteiger partial charge in [-0.3, -0.25) is 0 Å². The van der Waals surface area contributed by atoms with Crippen molar-refractivity contribution in [1.82, 2.24) is 0 Å². The zero-order valence-corrected chi connectivity index (χ0v) is 9.11. The average Bonchev–Trinajstić information content (AvgIpc) is 2.20. The number of ether oxygens (including phenoxy) is 2. The summed E-state index contributed by atoms with van der Waals surface area (Å²) < 4.78 is 10.2. The van der Waals surface area contributed by atoms with Crippen molar-refractivity contribution in [1.29, 1.82) is 0 Å². The Labute approximate surface area is 89.0 Å². The Bertz CT molecular complexity index is 361. The molecule has 1 atom stereocenters. The van der Waals surface area contributed by atoms with Crippen LogP contribution in [0.1, 0.15) is 12.5 Å². The normalized spacial score (nSPS) is 12.0. The quantitative estimate of drug-likeness (QED) is 0.601. The fourth-order valence-electron chi connectivity index (χ4n) is 1.06. The molecule has 0 heterocycles. The molecule has 2 N–H and O–H groups in total. The Balaban J connectivity index is 2.89. The van der Waals surface area contributed by atoms with Crippen LogP contribution in [-0.4, -0.2) is 19.1 Å². The van der Waals surface area contributed by atoms with E-state index in [0.29, 0.717) is 11.5 Å². The van der Waals surface area contributed by atoms with Crippen LogP contribution in [0.3, 0.4) is 0 Å². The summed E-state index contributed by atoms with van der Waals surface area (Å²) in [6.07, 6.45) is 0. The Kier molecular flexibility index (Phi) is 3.68. The maximum Gasteiger partial charge on any atom is 0.328 e. The molecule has 0 spiro atoms. The van der Waals surface area contributed by atoms with Gasteiger partial charge in [0.25, 0.3) is 0 Å². The molecule has 4 heteroatoms. The highest BCUT2D eigenvalue weighted by Gasteiger charge is 2.13. The van der Waals surface area contributed by atoms with E-state index in [4.69, 9.17) is 15.2 Å². The molecule has 0 aromatic heterocycles. The Morgan fingerprint density at radius 3 is 2.60 bits per heavy atom. The monoisotopic (exact) mass is 209 g/mol. The van der Waals surface area contributed by atoms with Crippen molar-refractivity contribution in [2.24, 2.45) is 5.73 Å². The van der Waals surface area contributed by atoms with Gasteiger partial charge in [0.05, 0.1) is 7.11 Å². The van der Waals surface area contributed by atoms with E-state index in [-0.39, 0.29) is 0 Å². The molecule has 1 aromatic carbocycles. The van der Waals surface area contributed by atoms with Crippen molar-refractivity contribution in [2.45, 2.75) is 19.9 Å². The van der Waals surface area contributed by atoms with Crippen molar-refractivity contribution >= 4 is 5.97 Å². The number of aryl methyl sites for hydroxylation is 1. The molecular formula is C11H15NO3. The minimum Gasteiger partial charge on any atom is -0.493 e. The molecule has 82 valence electrons. The topological polar surface area (TPSA) is 61.5 Å². The molecule has 0 bridgehead atoms. The summed E-state index contributed by atoms with van der Waals surface area (Å²) >= 11 is 0. The number of rotatable bonds is 3. The van der Waals surface area contributed by atoms with Crippen LogP contribution in [0, 0.1) is 6.92 Å². The van der Waals surface area contributed by atoms with Crippen LogP contribution in [0.5, 0.6) is 11.5 Å². The lowest BCUT2D eigenvalue weighted by Crippen LogP contribution is -2.30. The maximum atomic E-state index is 11.3. The van der Waals surface area contributed by atoms with Gasteiger partial charge in [0.15, 0.2) is 11.5 Å². The number of hydrogen-bond acceptors (Lipinski definition) is 4. The third kappa shape index (κ3) is 2.95. The summed E-state index contributed by atoms with van der Waals surface area (Å²) in [6.45, 7) is 3.50. The molecule has 1 aromatic rings. The highest BCUT2D eigenvalue weighted by atomic mass is 16.6. The summed E-state index contributed by atoms with van der Waals surface area (Å²) in [5.41, 5.74) is 6.42. The van der Waals surface area contributed by atoms with Crippen molar-refractivity contribution < 1.29 is 14.3 Å². The SMILES string of the molecule is COc1cc(C)ccc1OC(=O)C(C)N. The summed E-state index contributed by atoms with van der Waals surface area (Å²) in [5.74, 6) is 0.451. The summed E-state index contributed by atoms with van der Waals surface area (Å²) in [5, 5.41) is 0. The second-order valence-corrected chi connectivity index (χ2v) is 3.36. The van der Waals surface area contributed by atoms with E-state index in [1.54, 1.807) is 19.1 Å². The lowest BCUT2D eigenvalue weighted by Gasteiger charge is -2.10. The largest absolute Gasteiger partial charge is 0.493 e. The first kappa shape index (κ1) is 11.5. The van der Waals surface area contributed by atoms with E-state index in [1.165, 1.54) is 7.11 Å². The first-order valence-electron chi connectivity index (χ1n) is 4.66. The predicted octanol–water partition coefficient (Wildman–Crippen LogP) is 1.26. The molecule has 1 rings (SSSR count). The lowest BCUT2D eigenvalue weighted by atomic mass is 10.2. The highest BCUT2D eigenvalue weighted by Crippen LogP contribution is 2.27. The Hall–Kier alpha value is -1.55. The minimum atomic E-state index is -0.643. The van der Waals surface area contributed by atoms with Gasteiger partial charge in [0, 0.05) is 0 Å². The smallest absolute Gasteiger partial charge is 0.328 e. The Morgan fingerprint density at radius 2 is 2.07 bits per heavy atom. The van der Waals surface area contributed by atoms with Gasteiger partial charge in [-0.1, -0.05) is 6.07 Å². The maximum absolute atomic E-state index is 11.3. The van der Waals surface area contributed by atoms with Crippen LogP contribution in [-0.2, 0) is 4.79 Å². The summed E-state index contributed by atoms with van der Waals surface area (Å²) in [4.78, 5) is 11.3. The fourth-order valence-corrected chi connectivity index (χ4v) is 1.06. The van der Waals surface area contributed by atoms with E-state index in [0.717, 1.165) is 5.56 Å². The molecular weight excluding hydrogens is 194 g/mol. The van der Waals surface area contributed by atoms with Crippen LogP contribution in [0.2, 0.25) is 0 Å². The molecule has 0 aliphatic carbocycles. The van der Waals surface area contributed by atoms with Crippen LogP contribution in [0.4, 0.5) is 0 Å². The lowest BCUT2D eigenvalue weighted by molar-refractivity contribution is -0.135. The van der Waals surface area contributed by atoms with Crippen molar-refractivity contribution in [3.8, 4) is 11.5 Å². The summed E-state index contributed by atoms with van der Waals surface area (Å²) in [6, 6.07) is 4.68. The van der Waals surface area contributed by atoms with Crippen LogP contribution < -0.4 is 15.2 Å². The van der Waals surface area contributed by atoms with E-state index in [9.17, 15) is 4.79 Å². The van der Waals surface area contributed by atoms with Gasteiger partial charge < -0.3 is 15.2 Å². The molecule has 0 aliphatic rings. The van der Waals surface area contributed by atoms with Crippen molar-refractivity contribution in [3.05, 3.63) is 23.8 Å². The molecule has 0 fully saturated rings. The van der Waals surface area contributed by atoms with Gasteiger partial charge in [0.2, 0.25) is 0 Å². The number of nitrogens with two attached hydrogens (primary N) is 1. The van der Waals surface area contributed by atoms with Crippen LogP contribution in [0.15, 0.2) is 18.2 Å². The van der Waals surface area contributed by atoms with Gasteiger partial charge in [-0.15, -0.1) is 0 Å². The number of carbonyl (C=O) groups is 1. The predicted molar refractivity (Wildman–Crippen MR) is 57.0 cm³/mol. The van der Waals surface area contributed by atoms with Gasteiger partial charge >= 0.3 is 5.97 Å². The second-order valence-electron chi connectivity index (χ2n) is 3.36. The zero-order valence-electron chi connectivity index (χ0n) is 9.11. The molecule has 1 unspecified atom stereocenters. The third-order valence-electron chi connectivity index (χ3n) is 1.90. The van der Waals surface area contributed by atoms with Gasteiger partial charge in [-0.25, -0.2) is 4.79 Å². The van der Waals surface area contributed by atoms with E-state index < -0.39 is 12.0 Å². The second kappa shape index (κ2) is 4.79. The number of carbonyl (C=O) groups excluding carboxylic acids is 1. The van der Waals surface area contributed by atoms with E-state index >= 15 is 0 Å². The highest BCUT2D eigenvalue weighted by molar-refractivity contribution is 5.78. The first-order chi connectivity index (χ1) is 7.04. The van der Waals surface area contributed by atoms with Gasteiger partial charge in [-0.2, -0.15) is 0 Å². The molecule has 4 nitrogen and oxygen atoms in total. The first-order valence-corrected chi connectivity index (χ1v) is 4.66. The van der Waals surface area contributed by atoms with Gasteiger partial charge in [-0.05, 0) is 31.5 Å². The molecule has 0 saturated carbocycles. The van der Waals surface area contributed by atoms with Crippen molar-refractivity contribution in [2.75, 3.05) is 7.11 Å². The third-order valence-corrected chi connectivity index (χ3v) is 1.90. The molecule has 0 aliphatic heterocycles. The van der Waals surface area contributed by atoms with Crippen LogP contribution >= 0.6 is 0 Å². The number of benzene rings is 1. The summed E-state index contributed by atoms with van der Waals surface area (Å²) in [7, 11) is 1.53. The van der Waals surface area contributed by atoms with Crippen LogP contribution in [0.25, 0.3) is 0 Å². The molecule has 0 radical (unpaired) electrons. The molecule has 0 saturated heterocycles. The number of methoxy groups -OCH3 is 1. The van der Waals surface area contributed by atoms with E-state index in [2.05, 4.69) is 0 Å². The fraction of sp³-hybridized carbons (Fsp3) is 0.364. The van der Waals surface area contributed by atoms with E-state index in [1.807, 2.05) is 13.0 Å². The molecule has 0 amide bonds. The minimum absolute atomic E-state index is 0.394. The average molecular weight is 209 g/mol. The standard InChI is InChI=1S/C11H15NO3/c1-7-4-5-9(10(6-7)14-3)15-11(13)8(2)12/h4-6,8H,12H2,1-3H3. The van der Waals surface area contributed by atoms with Crippen molar-refractivity contribution in [3.63, 3.8) is 0 Å². The zero-order chi connectivity index (χ0) is 11.4. The molecule has 15 heavy (non-hydrogen) atoms. The number of hydrogen-bond donors (Lipinski definition) is 1. The Morgan fingerprint density at radius 1 is 1.40 bits per heavy atom. The number of esters is 1. The van der Waals surface area contributed by atoms with Gasteiger partial charge in [0.1, 0.15) is 6.04 Å².